The third kappa shape index (κ3) is 5.48. The number of nitrogens with one attached hydrogen (secondary N) is 2. The number of halogens is 2. The van der Waals surface area contributed by atoms with Crippen LogP contribution < -0.4 is 15.4 Å². The molecule has 6 nitrogen and oxygen atoms in total. The SMILES string of the molecule is CNC(=O)c1cc(Oc2ccc(NC(=O)/C=C/c3ccc(F)c(F)c3)cc2)ccn1. The molecule has 1 aromatic heterocycles. The Labute approximate surface area is 171 Å². The lowest BCUT2D eigenvalue weighted by Crippen LogP contribution is -2.18. The normalized spacial score (nSPS) is 10.6. The molecule has 152 valence electrons. The third-order valence-corrected chi connectivity index (χ3v) is 3.92. The van der Waals surface area contributed by atoms with Gasteiger partial charge in [-0.2, -0.15) is 0 Å². The summed E-state index contributed by atoms with van der Waals surface area (Å²) in [6.45, 7) is 0. The summed E-state index contributed by atoms with van der Waals surface area (Å²) >= 11 is 0. The summed E-state index contributed by atoms with van der Waals surface area (Å²) in [5, 5.41) is 5.13. The smallest absolute Gasteiger partial charge is 0.269 e. The minimum absolute atomic E-state index is 0.228. The number of anilines is 1. The zero-order chi connectivity index (χ0) is 21.5. The van der Waals surface area contributed by atoms with Crippen molar-refractivity contribution in [3.05, 3.63) is 89.8 Å². The van der Waals surface area contributed by atoms with Crippen molar-refractivity contribution in [2.24, 2.45) is 0 Å². The average molecular weight is 409 g/mol. The number of hydrogen-bond donors (Lipinski definition) is 2. The molecule has 3 rings (SSSR count). The topological polar surface area (TPSA) is 80.3 Å². The van der Waals surface area contributed by atoms with Gasteiger partial charge in [0.1, 0.15) is 17.2 Å². The standard InChI is InChI=1S/C22H17F2N3O3/c1-25-22(29)20-13-17(10-11-26-20)30-16-6-4-15(5-7-16)27-21(28)9-3-14-2-8-18(23)19(24)12-14/h2-13H,1H3,(H,25,29)(H,27,28)/b9-3+. The second kappa shape index (κ2) is 9.42. The second-order valence-electron chi connectivity index (χ2n) is 6.08. The Morgan fingerprint density at radius 3 is 2.43 bits per heavy atom. The van der Waals surface area contributed by atoms with Crippen molar-refractivity contribution in [3.8, 4) is 11.5 Å². The molecule has 0 aliphatic carbocycles. The van der Waals surface area contributed by atoms with Crippen LogP contribution in [0.15, 0.2) is 66.9 Å². The van der Waals surface area contributed by atoms with E-state index in [0.29, 0.717) is 22.7 Å². The van der Waals surface area contributed by atoms with Crippen molar-refractivity contribution in [2.45, 2.75) is 0 Å². The first-order chi connectivity index (χ1) is 14.4. The molecule has 0 radical (unpaired) electrons. The Balaban J connectivity index is 1.60. The van der Waals surface area contributed by atoms with E-state index in [4.69, 9.17) is 4.74 Å². The maximum absolute atomic E-state index is 13.2. The number of carbonyl (C=O) groups excluding carboxylic acids is 2. The highest BCUT2D eigenvalue weighted by Gasteiger charge is 2.07. The van der Waals surface area contributed by atoms with E-state index in [9.17, 15) is 18.4 Å². The molecule has 0 bridgehead atoms. The number of rotatable bonds is 6. The van der Waals surface area contributed by atoms with E-state index in [1.165, 1.54) is 37.5 Å². The lowest BCUT2D eigenvalue weighted by atomic mass is 10.2. The van der Waals surface area contributed by atoms with Crippen LogP contribution in [0.4, 0.5) is 14.5 Å². The molecule has 0 aliphatic heterocycles. The molecule has 30 heavy (non-hydrogen) atoms. The number of ether oxygens (including phenoxy) is 1. The highest BCUT2D eigenvalue weighted by molar-refractivity contribution is 6.01. The Morgan fingerprint density at radius 2 is 1.73 bits per heavy atom. The van der Waals surface area contributed by atoms with Gasteiger partial charge in [-0.25, -0.2) is 8.78 Å². The first-order valence-electron chi connectivity index (χ1n) is 8.85. The summed E-state index contributed by atoms with van der Waals surface area (Å²) in [5.41, 5.74) is 1.11. The highest BCUT2D eigenvalue weighted by atomic mass is 19.2. The van der Waals surface area contributed by atoms with E-state index in [1.54, 1.807) is 30.3 Å². The number of aromatic nitrogens is 1. The summed E-state index contributed by atoms with van der Waals surface area (Å²) in [5.74, 6) is -1.75. The Hall–Kier alpha value is -4.07. The fraction of sp³-hybridized carbons (Fsp3) is 0.0455. The number of carbonyl (C=O) groups is 2. The van der Waals surface area contributed by atoms with Gasteiger partial charge in [0.05, 0.1) is 0 Å². The van der Waals surface area contributed by atoms with Crippen LogP contribution in [0.3, 0.4) is 0 Å². The predicted molar refractivity (Wildman–Crippen MR) is 108 cm³/mol. The molecule has 1 heterocycles. The van der Waals surface area contributed by atoms with Gasteiger partial charge in [0.25, 0.3) is 5.91 Å². The van der Waals surface area contributed by atoms with E-state index < -0.39 is 17.5 Å². The molecule has 0 saturated heterocycles. The maximum Gasteiger partial charge on any atom is 0.269 e. The molecule has 0 fully saturated rings. The van der Waals surface area contributed by atoms with Crippen molar-refractivity contribution in [1.29, 1.82) is 0 Å². The molecule has 2 amide bonds. The van der Waals surface area contributed by atoms with E-state index in [0.717, 1.165) is 12.1 Å². The Bertz CT molecular complexity index is 1100. The van der Waals surface area contributed by atoms with Gasteiger partial charge in [-0.1, -0.05) is 6.07 Å². The van der Waals surface area contributed by atoms with Crippen LogP contribution in [-0.4, -0.2) is 23.8 Å². The van der Waals surface area contributed by atoms with Crippen LogP contribution in [0.1, 0.15) is 16.1 Å². The second-order valence-corrected chi connectivity index (χ2v) is 6.08. The molecule has 3 aromatic rings. The summed E-state index contributed by atoms with van der Waals surface area (Å²) < 4.78 is 31.8. The van der Waals surface area contributed by atoms with Crippen molar-refractivity contribution in [2.75, 3.05) is 12.4 Å². The van der Waals surface area contributed by atoms with E-state index in [1.807, 2.05) is 0 Å². The first kappa shape index (κ1) is 20.7. The summed E-state index contributed by atoms with van der Waals surface area (Å²) in [7, 11) is 1.51. The van der Waals surface area contributed by atoms with Gasteiger partial charge in [-0.15, -0.1) is 0 Å². The molecule has 8 heteroatoms. The largest absolute Gasteiger partial charge is 0.457 e. The van der Waals surface area contributed by atoms with Gasteiger partial charge in [0.2, 0.25) is 5.91 Å². The number of pyridine rings is 1. The molecular formula is C22H17F2N3O3. The number of benzene rings is 2. The molecule has 2 aromatic carbocycles. The molecule has 0 spiro atoms. The first-order valence-corrected chi connectivity index (χ1v) is 8.85. The van der Waals surface area contributed by atoms with E-state index in [2.05, 4.69) is 15.6 Å². The van der Waals surface area contributed by atoms with Crippen molar-refractivity contribution < 1.29 is 23.1 Å². The lowest BCUT2D eigenvalue weighted by molar-refractivity contribution is -0.111. The predicted octanol–water partition coefficient (Wildman–Crippen LogP) is 4.16. The quantitative estimate of drug-likeness (QED) is 0.599. The van der Waals surface area contributed by atoms with Crippen molar-refractivity contribution in [3.63, 3.8) is 0 Å². The van der Waals surface area contributed by atoms with Gasteiger partial charge in [0.15, 0.2) is 11.6 Å². The van der Waals surface area contributed by atoms with Crippen LogP contribution in [0.25, 0.3) is 6.08 Å². The number of amides is 2. The zero-order valence-corrected chi connectivity index (χ0v) is 15.9. The number of nitrogens with zero attached hydrogens (tertiary/aromatic N) is 1. The maximum atomic E-state index is 13.2. The Morgan fingerprint density at radius 1 is 0.967 bits per heavy atom. The minimum Gasteiger partial charge on any atom is -0.457 e. The monoisotopic (exact) mass is 409 g/mol. The fourth-order valence-corrected chi connectivity index (χ4v) is 2.44. The molecular weight excluding hydrogens is 392 g/mol. The average Bonchev–Trinajstić information content (AvgIpc) is 2.75. The molecule has 0 atom stereocenters. The summed E-state index contributed by atoms with van der Waals surface area (Å²) in [6, 6.07) is 13.1. The van der Waals surface area contributed by atoms with Crippen molar-refractivity contribution in [1.82, 2.24) is 10.3 Å². The van der Waals surface area contributed by atoms with Crippen molar-refractivity contribution >= 4 is 23.6 Å². The van der Waals surface area contributed by atoms with Crippen LogP contribution in [-0.2, 0) is 4.79 Å². The highest BCUT2D eigenvalue weighted by Crippen LogP contribution is 2.23. The minimum atomic E-state index is -0.982. The molecule has 0 aliphatic rings. The fourth-order valence-electron chi connectivity index (χ4n) is 2.44. The van der Waals surface area contributed by atoms with Gasteiger partial charge >= 0.3 is 0 Å². The zero-order valence-electron chi connectivity index (χ0n) is 15.9. The summed E-state index contributed by atoms with van der Waals surface area (Å²) in [4.78, 5) is 27.6. The molecule has 0 saturated carbocycles. The van der Waals surface area contributed by atoms with Crippen LogP contribution in [0, 0.1) is 11.6 Å². The van der Waals surface area contributed by atoms with Gasteiger partial charge in [-0.3, -0.25) is 14.6 Å². The van der Waals surface area contributed by atoms with E-state index >= 15 is 0 Å². The van der Waals surface area contributed by atoms with Crippen LogP contribution in [0.5, 0.6) is 11.5 Å². The van der Waals surface area contributed by atoms with Gasteiger partial charge in [0, 0.05) is 31.1 Å². The van der Waals surface area contributed by atoms with Gasteiger partial charge < -0.3 is 15.4 Å². The van der Waals surface area contributed by atoms with Gasteiger partial charge in [-0.05, 0) is 54.1 Å². The molecule has 2 N–H and O–H groups in total. The molecule has 0 unspecified atom stereocenters. The van der Waals surface area contributed by atoms with E-state index in [-0.39, 0.29) is 11.6 Å². The Kier molecular flexibility index (Phi) is 6.49. The third-order valence-electron chi connectivity index (χ3n) is 3.92. The number of hydrogen-bond acceptors (Lipinski definition) is 4. The van der Waals surface area contributed by atoms with Crippen LogP contribution in [0.2, 0.25) is 0 Å². The summed E-state index contributed by atoms with van der Waals surface area (Å²) in [6.07, 6.45) is 4.06. The van der Waals surface area contributed by atoms with Crippen LogP contribution >= 0.6 is 0 Å². The lowest BCUT2D eigenvalue weighted by Gasteiger charge is -2.08.